The summed E-state index contributed by atoms with van der Waals surface area (Å²) in [5, 5.41) is 12.4. The van der Waals surface area contributed by atoms with Crippen molar-refractivity contribution < 1.29 is 23.8 Å². The second-order valence-electron chi connectivity index (χ2n) is 5.44. The SMILES string of the molecule is O=C(O)C1N(C2CC2)C(=O)COC12CCNCC2F. The molecule has 7 heteroatoms. The summed E-state index contributed by atoms with van der Waals surface area (Å²) in [6.45, 7) is 0.341. The van der Waals surface area contributed by atoms with Crippen LogP contribution in [-0.2, 0) is 14.3 Å². The van der Waals surface area contributed by atoms with Crippen LogP contribution in [0.1, 0.15) is 19.3 Å². The normalized spacial score (nSPS) is 39.6. The molecule has 0 aromatic rings. The van der Waals surface area contributed by atoms with Crippen molar-refractivity contribution in [3.05, 3.63) is 0 Å². The van der Waals surface area contributed by atoms with Gasteiger partial charge in [-0.1, -0.05) is 0 Å². The van der Waals surface area contributed by atoms with Crippen LogP contribution in [0.15, 0.2) is 0 Å². The van der Waals surface area contributed by atoms with E-state index in [4.69, 9.17) is 4.74 Å². The molecule has 2 saturated heterocycles. The molecule has 19 heavy (non-hydrogen) atoms. The maximum absolute atomic E-state index is 14.3. The van der Waals surface area contributed by atoms with Crippen molar-refractivity contribution in [1.29, 1.82) is 0 Å². The number of nitrogens with one attached hydrogen (secondary N) is 1. The first kappa shape index (κ1) is 12.8. The van der Waals surface area contributed by atoms with Crippen LogP contribution >= 0.6 is 0 Å². The standard InChI is InChI=1S/C12H17FN2O4/c13-8-5-14-4-3-12(8)10(11(17)18)15(7-1-2-7)9(16)6-19-12/h7-8,10,14H,1-6H2,(H,17,18). The molecule has 3 atom stereocenters. The number of ether oxygens (including phenoxy) is 1. The molecule has 2 N–H and O–H groups in total. The maximum atomic E-state index is 14.3. The Morgan fingerprint density at radius 3 is 2.84 bits per heavy atom. The van der Waals surface area contributed by atoms with E-state index in [1.165, 1.54) is 4.90 Å². The van der Waals surface area contributed by atoms with Crippen LogP contribution in [0.25, 0.3) is 0 Å². The van der Waals surface area contributed by atoms with Crippen molar-refractivity contribution in [1.82, 2.24) is 10.2 Å². The largest absolute Gasteiger partial charge is 0.480 e. The summed E-state index contributed by atoms with van der Waals surface area (Å²) in [5.41, 5.74) is -1.40. The number of carbonyl (C=O) groups excluding carboxylic acids is 1. The number of morpholine rings is 1. The van der Waals surface area contributed by atoms with E-state index < -0.39 is 23.8 Å². The average molecular weight is 272 g/mol. The number of carbonyl (C=O) groups is 2. The molecule has 3 rings (SSSR count). The highest BCUT2D eigenvalue weighted by molar-refractivity contribution is 5.87. The molecule has 1 spiro atoms. The van der Waals surface area contributed by atoms with E-state index in [1.54, 1.807) is 0 Å². The molecular weight excluding hydrogens is 255 g/mol. The van der Waals surface area contributed by atoms with Gasteiger partial charge >= 0.3 is 5.97 Å². The van der Waals surface area contributed by atoms with Crippen LogP contribution in [0.5, 0.6) is 0 Å². The zero-order chi connectivity index (χ0) is 13.6. The van der Waals surface area contributed by atoms with Crippen molar-refractivity contribution in [2.24, 2.45) is 0 Å². The monoisotopic (exact) mass is 272 g/mol. The summed E-state index contributed by atoms with van der Waals surface area (Å²) >= 11 is 0. The minimum absolute atomic E-state index is 0.0588. The lowest BCUT2D eigenvalue weighted by Gasteiger charge is -2.50. The quantitative estimate of drug-likeness (QED) is 0.710. The van der Waals surface area contributed by atoms with Gasteiger partial charge in [-0.25, -0.2) is 9.18 Å². The Bertz CT molecular complexity index is 415. The molecule has 1 saturated carbocycles. The second kappa shape index (κ2) is 4.42. The molecular formula is C12H17FN2O4. The van der Waals surface area contributed by atoms with Crippen molar-refractivity contribution in [3.8, 4) is 0 Å². The van der Waals surface area contributed by atoms with Crippen LogP contribution in [0.2, 0.25) is 0 Å². The van der Waals surface area contributed by atoms with E-state index in [-0.39, 0.29) is 31.5 Å². The molecule has 106 valence electrons. The molecule has 0 aromatic heterocycles. The predicted octanol–water partition coefficient (Wildman–Crippen LogP) is -0.469. The Morgan fingerprint density at radius 2 is 2.26 bits per heavy atom. The van der Waals surface area contributed by atoms with Crippen LogP contribution in [0.3, 0.4) is 0 Å². The highest BCUT2D eigenvalue weighted by Crippen LogP contribution is 2.41. The Kier molecular flexibility index (Phi) is 2.98. The minimum atomic E-state index is -1.42. The third-order valence-corrected chi connectivity index (χ3v) is 4.21. The lowest BCUT2D eigenvalue weighted by Crippen LogP contribution is -2.72. The number of amides is 1. The number of piperidine rings is 1. The topological polar surface area (TPSA) is 78.9 Å². The smallest absolute Gasteiger partial charge is 0.329 e. The Hall–Kier alpha value is -1.21. The summed E-state index contributed by atoms with van der Waals surface area (Å²) in [6.07, 6.45) is 0.431. The van der Waals surface area contributed by atoms with Gasteiger partial charge in [0, 0.05) is 12.6 Å². The van der Waals surface area contributed by atoms with Gasteiger partial charge in [-0.3, -0.25) is 4.79 Å². The molecule has 0 radical (unpaired) electrons. The van der Waals surface area contributed by atoms with Gasteiger partial charge in [-0.05, 0) is 25.8 Å². The predicted molar refractivity (Wildman–Crippen MR) is 62.4 cm³/mol. The molecule has 2 heterocycles. The number of alkyl halides is 1. The van der Waals surface area contributed by atoms with E-state index in [2.05, 4.69) is 5.32 Å². The molecule has 1 amide bonds. The molecule has 3 fully saturated rings. The Morgan fingerprint density at radius 1 is 1.53 bits per heavy atom. The van der Waals surface area contributed by atoms with Gasteiger partial charge in [-0.2, -0.15) is 0 Å². The minimum Gasteiger partial charge on any atom is -0.480 e. The van der Waals surface area contributed by atoms with Gasteiger partial charge in [0.15, 0.2) is 6.04 Å². The van der Waals surface area contributed by atoms with Crippen LogP contribution in [0.4, 0.5) is 4.39 Å². The number of carboxylic acids is 1. The summed E-state index contributed by atoms with van der Waals surface area (Å²) < 4.78 is 19.8. The zero-order valence-electron chi connectivity index (χ0n) is 10.5. The fraction of sp³-hybridized carbons (Fsp3) is 0.833. The molecule has 0 aromatic carbocycles. The fourth-order valence-corrected chi connectivity index (χ4v) is 3.14. The van der Waals surface area contributed by atoms with Gasteiger partial charge in [0.25, 0.3) is 0 Å². The van der Waals surface area contributed by atoms with E-state index in [1.807, 2.05) is 0 Å². The number of nitrogens with zero attached hydrogens (tertiary/aromatic N) is 1. The van der Waals surface area contributed by atoms with Crippen molar-refractivity contribution in [3.63, 3.8) is 0 Å². The van der Waals surface area contributed by atoms with Crippen LogP contribution < -0.4 is 5.32 Å². The Balaban J connectivity index is 1.97. The summed E-state index contributed by atoms with van der Waals surface area (Å²) in [5.74, 6) is -1.52. The number of aliphatic carboxylic acids is 1. The number of carboxylic acid groups (broad SMARTS) is 1. The van der Waals surface area contributed by atoms with E-state index in [0.717, 1.165) is 12.8 Å². The lowest BCUT2D eigenvalue weighted by atomic mass is 9.80. The van der Waals surface area contributed by atoms with E-state index in [9.17, 15) is 19.1 Å². The van der Waals surface area contributed by atoms with Crippen LogP contribution in [-0.4, -0.2) is 65.4 Å². The molecule has 1 aliphatic carbocycles. The van der Waals surface area contributed by atoms with Crippen molar-refractivity contribution in [2.45, 2.75) is 43.1 Å². The summed E-state index contributed by atoms with van der Waals surface area (Å²) in [6, 6.07) is -1.27. The number of rotatable bonds is 2. The number of hydrogen-bond donors (Lipinski definition) is 2. The van der Waals surface area contributed by atoms with E-state index >= 15 is 0 Å². The van der Waals surface area contributed by atoms with Crippen molar-refractivity contribution >= 4 is 11.9 Å². The third-order valence-electron chi connectivity index (χ3n) is 4.21. The first-order valence-corrected chi connectivity index (χ1v) is 6.59. The van der Waals surface area contributed by atoms with E-state index in [0.29, 0.717) is 6.54 Å². The van der Waals surface area contributed by atoms with Gasteiger partial charge in [0.1, 0.15) is 18.4 Å². The first-order chi connectivity index (χ1) is 9.06. The average Bonchev–Trinajstić information content (AvgIpc) is 3.19. The second-order valence-corrected chi connectivity index (χ2v) is 5.44. The summed E-state index contributed by atoms with van der Waals surface area (Å²) in [4.78, 5) is 24.9. The number of hydrogen-bond acceptors (Lipinski definition) is 4. The van der Waals surface area contributed by atoms with Crippen molar-refractivity contribution in [2.75, 3.05) is 19.7 Å². The molecule has 3 aliphatic rings. The van der Waals surface area contributed by atoms with Gasteiger partial charge in [0.2, 0.25) is 5.91 Å². The zero-order valence-corrected chi connectivity index (χ0v) is 10.5. The van der Waals surface area contributed by atoms with Gasteiger partial charge in [0.05, 0.1) is 0 Å². The lowest BCUT2D eigenvalue weighted by molar-refractivity contribution is -0.209. The number of halogens is 1. The molecule has 2 aliphatic heterocycles. The molecule has 6 nitrogen and oxygen atoms in total. The third kappa shape index (κ3) is 1.92. The highest BCUT2D eigenvalue weighted by Gasteiger charge is 2.60. The maximum Gasteiger partial charge on any atom is 0.329 e. The van der Waals surface area contributed by atoms with Gasteiger partial charge in [-0.15, -0.1) is 0 Å². The molecule has 0 bridgehead atoms. The highest BCUT2D eigenvalue weighted by atomic mass is 19.1. The molecule has 3 unspecified atom stereocenters. The Labute approximate surface area is 109 Å². The summed E-state index contributed by atoms with van der Waals surface area (Å²) in [7, 11) is 0. The van der Waals surface area contributed by atoms with Gasteiger partial charge < -0.3 is 20.1 Å². The fourth-order valence-electron chi connectivity index (χ4n) is 3.14. The van der Waals surface area contributed by atoms with Crippen LogP contribution in [0, 0.1) is 0 Å². The first-order valence-electron chi connectivity index (χ1n) is 6.59.